The first-order valence-electron chi connectivity index (χ1n) is 6.66. The van der Waals surface area contributed by atoms with Crippen LogP contribution in [0.15, 0.2) is 5.16 Å². The molecule has 0 bridgehead atoms. The zero-order chi connectivity index (χ0) is 13.5. The van der Waals surface area contributed by atoms with Crippen LogP contribution in [0.5, 0.6) is 0 Å². The molecule has 1 fully saturated rings. The highest BCUT2D eigenvalue weighted by atomic mass is 32.2. The number of thioether (sulfide) groups is 1. The minimum Gasteiger partial charge on any atom is -0.355 e. The second-order valence-corrected chi connectivity index (χ2v) is 5.52. The van der Waals surface area contributed by atoms with E-state index in [2.05, 4.69) is 33.1 Å². The lowest BCUT2D eigenvalue weighted by Gasteiger charge is -2.05. The summed E-state index contributed by atoms with van der Waals surface area (Å²) in [4.78, 5) is 11.6. The second kappa shape index (κ2) is 7.44. The van der Waals surface area contributed by atoms with Crippen molar-refractivity contribution in [2.75, 3.05) is 25.4 Å². The Morgan fingerprint density at radius 3 is 3.11 bits per heavy atom. The zero-order valence-corrected chi connectivity index (χ0v) is 11.9. The van der Waals surface area contributed by atoms with Gasteiger partial charge < -0.3 is 10.6 Å². The van der Waals surface area contributed by atoms with Gasteiger partial charge in [0.15, 0.2) is 0 Å². The molecule has 0 aliphatic heterocycles. The average molecular weight is 284 g/mol. The van der Waals surface area contributed by atoms with E-state index in [1.165, 1.54) is 24.6 Å². The SMILES string of the molecule is CCNCCn1nnnc1SCC(=O)NCC1CC1. The van der Waals surface area contributed by atoms with Crippen LogP contribution in [0, 0.1) is 5.92 Å². The number of aromatic nitrogens is 4. The van der Waals surface area contributed by atoms with Crippen LogP contribution in [-0.4, -0.2) is 51.5 Å². The number of nitrogens with one attached hydrogen (secondary N) is 2. The van der Waals surface area contributed by atoms with Crippen molar-refractivity contribution in [1.82, 2.24) is 30.8 Å². The lowest BCUT2D eigenvalue weighted by Crippen LogP contribution is -2.27. The van der Waals surface area contributed by atoms with Crippen molar-refractivity contribution in [2.24, 2.45) is 5.92 Å². The third-order valence-corrected chi connectivity index (χ3v) is 3.82. The van der Waals surface area contributed by atoms with E-state index >= 15 is 0 Å². The van der Waals surface area contributed by atoms with Crippen LogP contribution in [0.3, 0.4) is 0 Å². The van der Waals surface area contributed by atoms with Crippen LogP contribution < -0.4 is 10.6 Å². The van der Waals surface area contributed by atoms with Crippen molar-refractivity contribution >= 4 is 17.7 Å². The van der Waals surface area contributed by atoms with Crippen LogP contribution in [0.25, 0.3) is 0 Å². The van der Waals surface area contributed by atoms with E-state index in [9.17, 15) is 4.79 Å². The molecule has 0 saturated heterocycles. The Labute approximate surface area is 116 Å². The summed E-state index contributed by atoms with van der Waals surface area (Å²) in [5.41, 5.74) is 0. The molecule has 106 valence electrons. The van der Waals surface area contributed by atoms with Gasteiger partial charge in [0.1, 0.15) is 0 Å². The second-order valence-electron chi connectivity index (χ2n) is 4.57. The van der Waals surface area contributed by atoms with Gasteiger partial charge in [-0.05, 0) is 35.7 Å². The summed E-state index contributed by atoms with van der Waals surface area (Å²) in [5.74, 6) is 1.13. The van der Waals surface area contributed by atoms with E-state index in [-0.39, 0.29) is 5.91 Å². The van der Waals surface area contributed by atoms with Crippen LogP contribution >= 0.6 is 11.8 Å². The highest BCUT2D eigenvalue weighted by Gasteiger charge is 2.21. The summed E-state index contributed by atoms with van der Waals surface area (Å²) in [5, 5.41) is 18.3. The number of carbonyl (C=O) groups is 1. The Morgan fingerprint density at radius 1 is 1.53 bits per heavy atom. The normalized spacial score (nSPS) is 14.6. The molecule has 1 aliphatic rings. The van der Waals surface area contributed by atoms with Gasteiger partial charge in [-0.25, -0.2) is 4.68 Å². The molecule has 1 heterocycles. The smallest absolute Gasteiger partial charge is 0.230 e. The number of hydrogen-bond donors (Lipinski definition) is 2. The van der Waals surface area contributed by atoms with E-state index < -0.39 is 0 Å². The highest BCUT2D eigenvalue weighted by molar-refractivity contribution is 7.99. The van der Waals surface area contributed by atoms with Gasteiger partial charge in [0.05, 0.1) is 12.3 Å². The monoisotopic (exact) mass is 284 g/mol. The quantitative estimate of drug-likeness (QED) is 0.487. The number of carbonyl (C=O) groups excluding carboxylic acids is 1. The molecule has 1 aromatic heterocycles. The minimum atomic E-state index is 0.0538. The summed E-state index contributed by atoms with van der Waals surface area (Å²) in [6, 6.07) is 0. The molecule has 7 nitrogen and oxygen atoms in total. The number of amides is 1. The van der Waals surface area contributed by atoms with Crippen LogP contribution in [0.1, 0.15) is 19.8 Å². The van der Waals surface area contributed by atoms with E-state index in [1.807, 2.05) is 0 Å². The molecular weight excluding hydrogens is 264 g/mol. The molecule has 0 unspecified atom stereocenters. The summed E-state index contributed by atoms with van der Waals surface area (Å²) >= 11 is 1.38. The Morgan fingerprint density at radius 2 is 2.37 bits per heavy atom. The molecule has 2 rings (SSSR count). The van der Waals surface area contributed by atoms with Gasteiger partial charge in [0.2, 0.25) is 11.1 Å². The number of nitrogens with zero attached hydrogens (tertiary/aromatic N) is 4. The van der Waals surface area contributed by atoms with Crippen molar-refractivity contribution in [3.63, 3.8) is 0 Å². The van der Waals surface area contributed by atoms with E-state index in [1.54, 1.807) is 4.68 Å². The first-order valence-corrected chi connectivity index (χ1v) is 7.64. The summed E-state index contributed by atoms with van der Waals surface area (Å²) in [6.07, 6.45) is 2.49. The van der Waals surface area contributed by atoms with E-state index in [0.717, 1.165) is 19.6 Å². The molecule has 1 aliphatic carbocycles. The van der Waals surface area contributed by atoms with Gasteiger partial charge >= 0.3 is 0 Å². The van der Waals surface area contributed by atoms with Crippen molar-refractivity contribution in [3.05, 3.63) is 0 Å². The first-order chi connectivity index (χ1) is 9.29. The van der Waals surface area contributed by atoms with Gasteiger partial charge in [0.25, 0.3) is 0 Å². The Hall–Kier alpha value is -1.15. The Kier molecular flexibility index (Phi) is 5.59. The fraction of sp³-hybridized carbons (Fsp3) is 0.818. The van der Waals surface area contributed by atoms with E-state index in [0.29, 0.717) is 23.4 Å². The fourth-order valence-corrected chi connectivity index (χ4v) is 2.30. The number of hydrogen-bond acceptors (Lipinski definition) is 6. The number of likely N-dealkylation sites (N-methyl/N-ethyl adjacent to an activating group) is 1. The molecule has 0 radical (unpaired) electrons. The molecule has 19 heavy (non-hydrogen) atoms. The molecule has 0 spiro atoms. The van der Waals surface area contributed by atoms with Crippen LogP contribution in [0.4, 0.5) is 0 Å². The molecule has 0 aromatic carbocycles. The van der Waals surface area contributed by atoms with Crippen LogP contribution in [-0.2, 0) is 11.3 Å². The average Bonchev–Trinajstić information content (AvgIpc) is 3.14. The highest BCUT2D eigenvalue weighted by Crippen LogP contribution is 2.27. The molecular formula is C11H20N6OS. The lowest BCUT2D eigenvalue weighted by atomic mass is 10.4. The largest absolute Gasteiger partial charge is 0.355 e. The topological polar surface area (TPSA) is 84.7 Å². The minimum absolute atomic E-state index is 0.0538. The molecule has 2 N–H and O–H groups in total. The number of rotatable bonds is 9. The van der Waals surface area contributed by atoms with Gasteiger partial charge in [-0.15, -0.1) is 5.10 Å². The van der Waals surface area contributed by atoms with Crippen molar-refractivity contribution in [1.29, 1.82) is 0 Å². The van der Waals surface area contributed by atoms with Gasteiger partial charge in [-0.3, -0.25) is 4.79 Å². The summed E-state index contributed by atoms with van der Waals surface area (Å²) < 4.78 is 1.72. The first kappa shape index (κ1) is 14.3. The maximum Gasteiger partial charge on any atom is 0.230 e. The van der Waals surface area contributed by atoms with E-state index in [4.69, 9.17) is 0 Å². The third kappa shape index (κ3) is 5.15. The third-order valence-electron chi connectivity index (χ3n) is 2.87. The molecule has 1 amide bonds. The predicted octanol–water partition coefficient (Wildman–Crippen LogP) is -0.0991. The van der Waals surface area contributed by atoms with Gasteiger partial charge in [-0.2, -0.15) is 0 Å². The Bertz CT molecular complexity index is 406. The Balaban J connectivity index is 1.68. The van der Waals surface area contributed by atoms with Gasteiger partial charge in [0, 0.05) is 13.1 Å². The summed E-state index contributed by atoms with van der Waals surface area (Å²) in [6.45, 7) is 5.33. The number of tetrazole rings is 1. The summed E-state index contributed by atoms with van der Waals surface area (Å²) in [7, 11) is 0. The predicted molar refractivity (Wildman–Crippen MR) is 72.8 cm³/mol. The standard InChI is InChI=1S/C11H20N6OS/c1-2-12-5-6-17-11(14-15-16-17)19-8-10(18)13-7-9-3-4-9/h9,12H,2-8H2,1H3,(H,13,18). The van der Waals surface area contributed by atoms with Crippen molar-refractivity contribution in [3.8, 4) is 0 Å². The van der Waals surface area contributed by atoms with Gasteiger partial charge in [-0.1, -0.05) is 18.7 Å². The van der Waals surface area contributed by atoms with Crippen molar-refractivity contribution < 1.29 is 4.79 Å². The van der Waals surface area contributed by atoms with Crippen molar-refractivity contribution in [2.45, 2.75) is 31.5 Å². The lowest BCUT2D eigenvalue weighted by molar-refractivity contribution is -0.118. The fourth-order valence-electron chi connectivity index (χ4n) is 1.56. The molecule has 8 heteroatoms. The zero-order valence-electron chi connectivity index (χ0n) is 11.1. The molecule has 0 atom stereocenters. The maximum atomic E-state index is 11.6. The maximum absolute atomic E-state index is 11.6. The van der Waals surface area contributed by atoms with Crippen LogP contribution in [0.2, 0.25) is 0 Å². The molecule has 1 aromatic rings. The molecule has 1 saturated carbocycles.